The number of aromatic nitrogens is 1. The molecule has 1 aliphatic heterocycles. The number of halogens is 1. The fourth-order valence-electron chi connectivity index (χ4n) is 1.82. The Labute approximate surface area is 92.0 Å². The van der Waals surface area contributed by atoms with Crippen molar-refractivity contribution in [3.8, 4) is 0 Å². The molecule has 1 aliphatic carbocycles. The first-order chi connectivity index (χ1) is 7.20. The number of pyridine rings is 1. The van der Waals surface area contributed by atoms with E-state index in [0.29, 0.717) is 23.1 Å². The molecule has 4 nitrogen and oxygen atoms in total. The standard InChI is InChI=1S/C10H10ClN3O/c11-6-3-7-8(12-4-6)13-5-10(1-2-10)9(15)14-7/h3-4H,1-2,5H2,(H,12,13)(H,14,15). The summed E-state index contributed by atoms with van der Waals surface area (Å²) in [6, 6.07) is 1.72. The highest BCUT2D eigenvalue weighted by molar-refractivity contribution is 6.31. The van der Waals surface area contributed by atoms with Crippen molar-refractivity contribution in [3.05, 3.63) is 17.3 Å². The Morgan fingerprint density at radius 1 is 1.47 bits per heavy atom. The summed E-state index contributed by atoms with van der Waals surface area (Å²) < 4.78 is 0. The van der Waals surface area contributed by atoms with Crippen molar-refractivity contribution in [3.63, 3.8) is 0 Å². The van der Waals surface area contributed by atoms with Crippen LogP contribution in [0.5, 0.6) is 0 Å². The minimum Gasteiger partial charge on any atom is -0.367 e. The van der Waals surface area contributed by atoms with Crippen LogP contribution < -0.4 is 10.6 Å². The van der Waals surface area contributed by atoms with Crippen LogP contribution in [0, 0.1) is 5.41 Å². The lowest BCUT2D eigenvalue weighted by molar-refractivity contribution is -0.120. The third kappa shape index (κ3) is 1.36. The summed E-state index contributed by atoms with van der Waals surface area (Å²) in [5, 5.41) is 6.58. The number of hydrogen-bond donors (Lipinski definition) is 2. The molecule has 1 fully saturated rings. The maximum Gasteiger partial charge on any atom is 0.232 e. The van der Waals surface area contributed by atoms with Crippen LogP contribution in [0.3, 0.4) is 0 Å². The molecule has 0 radical (unpaired) electrons. The monoisotopic (exact) mass is 223 g/mol. The number of amides is 1. The van der Waals surface area contributed by atoms with E-state index < -0.39 is 0 Å². The molecule has 1 spiro atoms. The van der Waals surface area contributed by atoms with Crippen LogP contribution in [0.15, 0.2) is 12.3 Å². The summed E-state index contributed by atoms with van der Waals surface area (Å²) in [6.07, 6.45) is 3.48. The topological polar surface area (TPSA) is 54.0 Å². The van der Waals surface area contributed by atoms with Gasteiger partial charge in [-0.25, -0.2) is 4.98 Å². The van der Waals surface area contributed by atoms with Gasteiger partial charge in [0.25, 0.3) is 0 Å². The molecule has 2 N–H and O–H groups in total. The van der Waals surface area contributed by atoms with Crippen molar-refractivity contribution < 1.29 is 4.79 Å². The normalized spacial score (nSPS) is 21.3. The van der Waals surface area contributed by atoms with Gasteiger partial charge < -0.3 is 10.6 Å². The number of hydrogen-bond acceptors (Lipinski definition) is 3. The average Bonchev–Trinajstić information content (AvgIpc) is 2.98. The van der Waals surface area contributed by atoms with E-state index in [9.17, 15) is 4.79 Å². The first-order valence-electron chi connectivity index (χ1n) is 4.91. The molecule has 1 aromatic heterocycles. The second-order valence-electron chi connectivity index (χ2n) is 4.14. The molecule has 1 saturated carbocycles. The number of carbonyl (C=O) groups excluding carboxylic acids is 1. The molecule has 0 bridgehead atoms. The Kier molecular flexibility index (Phi) is 1.71. The van der Waals surface area contributed by atoms with Gasteiger partial charge in [0.05, 0.1) is 16.1 Å². The zero-order valence-electron chi connectivity index (χ0n) is 8.01. The van der Waals surface area contributed by atoms with Crippen LogP contribution in [0.2, 0.25) is 5.02 Å². The van der Waals surface area contributed by atoms with E-state index in [-0.39, 0.29) is 11.3 Å². The van der Waals surface area contributed by atoms with Gasteiger partial charge in [0.15, 0.2) is 0 Å². The van der Waals surface area contributed by atoms with Gasteiger partial charge in [-0.1, -0.05) is 11.6 Å². The molecule has 15 heavy (non-hydrogen) atoms. The van der Waals surface area contributed by atoms with Crippen molar-refractivity contribution in [2.24, 2.45) is 5.41 Å². The highest BCUT2D eigenvalue weighted by Gasteiger charge is 2.50. The summed E-state index contributed by atoms with van der Waals surface area (Å²) in [5.41, 5.74) is 0.476. The molecule has 1 amide bonds. The first-order valence-corrected chi connectivity index (χ1v) is 5.28. The van der Waals surface area contributed by atoms with E-state index in [1.807, 2.05) is 0 Å². The van der Waals surface area contributed by atoms with Gasteiger partial charge in [0.1, 0.15) is 5.82 Å². The minimum absolute atomic E-state index is 0.0813. The molecule has 5 heteroatoms. The van der Waals surface area contributed by atoms with Gasteiger partial charge in [-0.15, -0.1) is 0 Å². The Bertz CT molecular complexity index is 442. The Morgan fingerprint density at radius 2 is 2.27 bits per heavy atom. The largest absolute Gasteiger partial charge is 0.367 e. The predicted molar refractivity (Wildman–Crippen MR) is 58.0 cm³/mol. The lowest BCUT2D eigenvalue weighted by Gasteiger charge is -2.08. The molecule has 3 rings (SSSR count). The number of fused-ring (bicyclic) bond motifs is 1. The number of carbonyl (C=O) groups is 1. The van der Waals surface area contributed by atoms with Crippen molar-refractivity contribution in [1.29, 1.82) is 0 Å². The predicted octanol–water partition coefficient (Wildman–Crippen LogP) is 1.88. The summed E-state index contributed by atoms with van der Waals surface area (Å²) in [7, 11) is 0. The van der Waals surface area contributed by atoms with Crippen LogP contribution in [0.25, 0.3) is 0 Å². The Morgan fingerprint density at radius 3 is 3.00 bits per heavy atom. The molecular weight excluding hydrogens is 214 g/mol. The van der Waals surface area contributed by atoms with E-state index in [0.717, 1.165) is 12.8 Å². The smallest absolute Gasteiger partial charge is 0.232 e. The molecule has 0 saturated heterocycles. The molecule has 0 aromatic carbocycles. The van der Waals surface area contributed by atoms with Crippen LogP contribution in [-0.4, -0.2) is 17.4 Å². The van der Waals surface area contributed by atoms with Gasteiger partial charge in [-0.2, -0.15) is 0 Å². The van der Waals surface area contributed by atoms with Crippen molar-refractivity contribution in [2.45, 2.75) is 12.8 Å². The third-order valence-corrected chi connectivity index (χ3v) is 3.24. The van der Waals surface area contributed by atoms with Gasteiger partial charge in [0.2, 0.25) is 5.91 Å². The van der Waals surface area contributed by atoms with Crippen LogP contribution in [-0.2, 0) is 4.79 Å². The highest BCUT2D eigenvalue weighted by atomic mass is 35.5. The number of nitrogens with zero attached hydrogens (tertiary/aromatic N) is 1. The lowest BCUT2D eigenvalue weighted by Crippen LogP contribution is -2.27. The molecule has 1 aromatic rings. The quantitative estimate of drug-likeness (QED) is 0.706. The van der Waals surface area contributed by atoms with E-state index in [1.165, 1.54) is 0 Å². The number of anilines is 2. The van der Waals surface area contributed by atoms with Crippen molar-refractivity contribution in [1.82, 2.24) is 4.98 Å². The lowest BCUT2D eigenvalue weighted by atomic mass is 10.1. The average molecular weight is 224 g/mol. The van der Waals surface area contributed by atoms with E-state index >= 15 is 0 Å². The van der Waals surface area contributed by atoms with Crippen molar-refractivity contribution >= 4 is 29.0 Å². The fourth-order valence-corrected chi connectivity index (χ4v) is 1.98. The zero-order valence-corrected chi connectivity index (χ0v) is 8.77. The van der Waals surface area contributed by atoms with E-state index in [4.69, 9.17) is 11.6 Å². The second kappa shape index (κ2) is 2.85. The Balaban J connectivity index is 2.00. The minimum atomic E-state index is -0.201. The SMILES string of the molecule is O=C1Nc2cc(Cl)cnc2NCC12CC2. The van der Waals surface area contributed by atoms with Gasteiger partial charge in [-0.05, 0) is 18.9 Å². The maximum atomic E-state index is 11.9. The highest BCUT2D eigenvalue weighted by Crippen LogP contribution is 2.48. The molecule has 0 unspecified atom stereocenters. The molecular formula is C10H10ClN3O. The Hall–Kier alpha value is -1.29. The molecule has 2 aliphatic rings. The molecule has 0 atom stereocenters. The maximum absolute atomic E-state index is 11.9. The van der Waals surface area contributed by atoms with E-state index in [2.05, 4.69) is 15.6 Å². The van der Waals surface area contributed by atoms with Crippen LogP contribution in [0.1, 0.15) is 12.8 Å². The van der Waals surface area contributed by atoms with Gasteiger partial charge in [0, 0.05) is 12.7 Å². The van der Waals surface area contributed by atoms with Crippen LogP contribution in [0.4, 0.5) is 11.5 Å². The van der Waals surface area contributed by atoms with Crippen molar-refractivity contribution in [2.75, 3.05) is 17.2 Å². The van der Waals surface area contributed by atoms with Crippen LogP contribution >= 0.6 is 11.6 Å². The fraction of sp³-hybridized carbons (Fsp3) is 0.400. The zero-order chi connectivity index (χ0) is 10.5. The summed E-state index contributed by atoms with van der Waals surface area (Å²) >= 11 is 5.82. The number of rotatable bonds is 0. The molecule has 78 valence electrons. The number of nitrogens with one attached hydrogen (secondary N) is 2. The van der Waals surface area contributed by atoms with E-state index in [1.54, 1.807) is 12.3 Å². The third-order valence-electron chi connectivity index (χ3n) is 3.03. The van der Waals surface area contributed by atoms with Gasteiger partial charge >= 0.3 is 0 Å². The second-order valence-corrected chi connectivity index (χ2v) is 4.57. The first kappa shape index (κ1) is 8.97. The molecule has 2 heterocycles. The summed E-state index contributed by atoms with van der Waals surface area (Å²) in [4.78, 5) is 16.0. The summed E-state index contributed by atoms with van der Waals surface area (Å²) in [6.45, 7) is 0.667. The summed E-state index contributed by atoms with van der Waals surface area (Å²) in [5.74, 6) is 0.786. The van der Waals surface area contributed by atoms with Gasteiger partial charge in [-0.3, -0.25) is 4.79 Å².